The minimum absolute atomic E-state index is 0. The van der Waals surface area contributed by atoms with Crippen LogP contribution in [0.1, 0.15) is 38.2 Å². The molecule has 1 aliphatic rings. The first-order valence-electron chi connectivity index (χ1n) is 8.66. The van der Waals surface area contributed by atoms with E-state index in [1.165, 1.54) is 0 Å². The van der Waals surface area contributed by atoms with Gasteiger partial charge in [0.05, 0.1) is 6.10 Å². The Kier molecular flexibility index (Phi) is 10.5. The highest BCUT2D eigenvalue weighted by Crippen LogP contribution is 2.12. The van der Waals surface area contributed by atoms with Crippen molar-refractivity contribution in [2.45, 2.75) is 45.3 Å². The summed E-state index contributed by atoms with van der Waals surface area (Å²) >= 11 is 0. The summed E-state index contributed by atoms with van der Waals surface area (Å²) < 4.78 is 5.60. The van der Waals surface area contributed by atoms with Crippen molar-refractivity contribution >= 4 is 41.5 Å². The molecular weight excluding hydrogens is 431 g/mol. The summed E-state index contributed by atoms with van der Waals surface area (Å²) in [5, 5.41) is 9.49. The van der Waals surface area contributed by atoms with Crippen LogP contribution < -0.4 is 16.0 Å². The number of hydrogen-bond acceptors (Lipinski definition) is 3. The molecule has 0 aromatic heterocycles. The number of carbonyl (C=O) groups excluding carboxylic acids is 1. The Balaban J connectivity index is 0.00000312. The smallest absolute Gasteiger partial charge is 0.224 e. The van der Waals surface area contributed by atoms with Crippen LogP contribution in [0.2, 0.25) is 0 Å². The summed E-state index contributed by atoms with van der Waals surface area (Å²) in [6.45, 7) is 4.26. The van der Waals surface area contributed by atoms with E-state index in [0.29, 0.717) is 13.0 Å². The zero-order valence-electron chi connectivity index (χ0n) is 15.0. The molecule has 1 amide bonds. The Morgan fingerprint density at radius 3 is 2.88 bits per heavy atom. The van der Waals surface area contributed by atoms with Gasteiger partial charge in [-0.15, -0.1) is 24.0 Å². The van der Waals surface area contributed by atoms with Crippen molar-refractivity contribution in [3.63, 3.8) is 0 Å². The number of carbonyl (C=O) groups is 1. The summed E-state index contributed by atoms with van der Waals surface area (Å²) in [4.78, 5) is 15.9. The highest BCUT2D eigenvalue weighted by molar-refractivity contribution is 14.0. The number of benzene rings is 1. The highest BCUT2D eigenvalue weighted by Gasteiger charge is 2.15. The average molecular weight is 460 g/mol. The van der Waals surface area contributed by atoms with Crippen molar-refractivity contribution < 1.29 is 9.53 Å². The number of rotatable bonds is 7. The monoisotopic (exact) mass is 460 g/mol. The van der Waals surface area contributed by atoms with Gasteiger partial charge < -0.3 is 20.7 Å². The molecular formula is C18H29IN4O2. The molecule has 0 radical (unpaired) electrons. The number of amides is 1. The SMILES string of the molecule is CCCC(=O)Nc1cccc(CNC(=NC)NCC2CCCO2)c1.I. The van der Waals surface area contributed by atoms with Gasteiger partial charge in [-0.1, -0.05) is 19.1 Å². The van der Waals surface area contributed by atoms with Gasteiger partial charge >= 0.3 is 0 Å². The number of anilines is 1. The lowest BCUT2D eigenvalue weighted by molar-refractivity contribution is -0.116. The lowest BCUT2D eigenvalue weighted by Gasteiger charge is -2.15. The van der Waals surface area contributed by atoms with E-state index in [0.717, 1.165) is 49.6 Å². The van der Waals surface area contributed by atoms with E-state index < -0.39 is 0 Å². The van der Waals surface area contributed by atoms with Gasteiger partial charge in [0.1, 0.15) is 0 Å². The lowest BCUT2D eigenvalue weighted by atomic mass is 10.2. The molecule has 1 fully saturated rings. The van der Waals surface area contributed by atoms with E-state index in [1.807, 2.05) is 31.2 Å². The predicted molar refractivity (Wildman–Crippen MR) is 113 cm³/mol. The number of halogens is 1. The molecule has 0 saturated carbocycles. The molecule has 0 bridgehead atoms. The zero-order valence-corrected chi connectivity index (χ0v) is 17.3. The van der Waals surface area contributed by atoms with Gasteiger partial charge in [0.25, 0.3) is 0 Å². The first-order chi connectivity index (χ1) is 11.7. The molecule has 7 heteroatoms. The summed E-state index contributed by atoms with van der Waals surface area (Å²) in [5.74, 6) is 0.808. The standard InChI is InChI=1S/C18H28N4O2.HI/c1-3-6-17(23)22-15-8-4-7-14(11-15)12-20-18(19-2)21-13-16-9-5-10-24-16;/h4,7-8,11,16H,3,5-6,9-10,12-13H2,1-2H3,(H,22,23)(H2,19,20,21);1H. The van der Waals surface area contributed by atoms with Crippen LogP contribution in [0.5, 0.6) is 0 Å². The molecule has 2 rings (SSSR count). The average Bonchev–Trinajstić information content (AvgIpc) is 3.09. The number of aliphatic imine (C=N–C) groups is 1. The Morgan fingerprint density at radius 1 is 1.36 bits per heavy atom. The highest BCUT2D eigenvalue weighted by atomic mass is 127. The minimum Gasteiger partial charge on any atom is -0.376 e. The van der Waals surface area contributed by atoms with Gasteiger partial charge in [0.2, 0.25) is 5.91 Å². The van der Waals surface area contributed by atoms with Gasteiger partial charge in [0.15, 0.2) is 5.96 Å². The molecule has 0 spiro atoms. The third kappa shape index (κ3) is 8.04. The molecule has 6 nitrogen and oxygen atoms in total. The van der Waals surface area contributed by atoms with E-state index in [1.54, 1.807) is 7.05 Å². The summed E-state index contributed by atoms with van der Waals surface area (Å²) in [7, 11) is 1.76. The van der Waals surface area contributed by atoms with Crippen molar-refractivity contribution in [1.82, 2.24) is 10.6 Å². The maximum Gasteiger partial charge on any atom is 0.224 e. The van der Waals surface area contributed by atoms with Gasteiger partial charge in [-0.2, -0.15) is 0 Å². The molecule has 1 aromatic rings. The molecule has 1 heterocycles. The summed E-state index contributed by atoms with van der Waals surface area (Å²) in [6, 6.07) is 7.85. The van der Waals surface area contributed by atoms with Crippen molar-refractivity contribution in [2.75, 3.05) is 25.5 Å². The van der Waals surface area contributed by atoms with Crippen LogP contribution in [0.25, 0.3) is 0 Å². The summed E-state index contributed by atoms with van der Waals surface area (Å²) in [6.07, 6.45) is 3.90. The fourth-order valence-corrected chi connectivity index (χ4v) is 2.63. The summed E-state index contributed by atoms with van der Waals surface area (Å²) in [5.41, 5.74) is 1.92. The van der Waals surface area contributed by atoms with Crippen LogP contribution in [0.4, 0.5) is 5.69 Å². The fourth-order valence-electron chi connectivity index (χ4n) is 2.63. The van der Waals surface area contributed by atoms with E-state index in [2.05, 4.69) is 20.9 Å². The largest absolute Gasteiger partial charge is 0.376 e. The number of nitrogens with one attached hydrogen (secondary N) is 3. The van der Waals surface area contributed by atoms with E-state index in [9.17, 15) is 4.79 Å². The molecule has 1 aromatic carbocycles. The Morgan fingerprint density at radius 2 is 2.20 bits per heavy atom. The van der Waals surface area contributed by atoms with Crippen LogP contribution in [0.15, 0.2) is 29.3 Å². The van der Waals surface area contributed by atoms with Crippen molar-refractivity contribution in [2.24, 2.45) is 4.99 Å². The Hall–Kier alpha value is -1.35. The fraction of sp³-hybridized carbons (Fsp3) is 0.556. The topological polar surface area (TPSA) is 74.8 Å². The second-order valence-corrected chi connectivity index (χ2v) is 5.94. The molecule has 1 unspecified atom stereocenters. The van der Waals surface area contributed by atoms with Crippen molar-refractivity contribution in [1.29, 1.82) is 0 Å². The minimum atomic E-state index is 0. The van der Waals surface area contributed by atoms with Crippen molar-refractivity contribution in [3.8, 4) is 0 Å². The zero-order chi connectivity index (χ0) is 17.2. The predicted octanol–water partition coefficient (Wildman–Crippen LogP) is 2.89. The first kappa shape index (κ1) is 21.7. The third-order valence-electron chi connectivity index (χ3n) is 3.89. The van der Waals surface area contributed by atoms with Gasteiger partial charge in [-0.05, 0) is 37.0 Å². The van der Waals surface area contributed by atoms with E-state index in [4.69, 9.17) is 4.74 Å². The number of hydrogen-bond donors (Lipinski definition) is 3. The van der Waals surface area contributed by atoms with Crippen LogP contribution >= 0.6 is 24.0 Å². The molecule has 25 heavy (non-hydrogen) atoms. The molecule has 1 saturated heterocycles. The van der Waals surface area contributed by atoms with E-state index >= 15 is 0 Å². The van der Waals surface area contributed by atoms with Gasteiger partial charge in [0, 0.05) is 38.9 Å². The molecule has 1 atom stereocenters. The van der Waals surface area contributed by atoms with Gasteiger partial charge in [-0.25, -0.2) is 0 Å². The number of ether oxygens (including phenoxy) is 1. The second-order valence-electron chi connectivity index (χ2n) is 5.94. The van der Waals surface area contributed by atoms with Gasteiger partial charge in [-0.3, -0.25) is 9.79 Å². The Labute approximate surface area is 167 Å². The molecule has 0 aliphatic carbocycles. The normalized spacial score (nSPS) is 16.9. The van der Waals surface area contributed by atoms with Crippen LogP contribution in [0, 0.1) is 0 Å². The molecule has 1 aliphatic heterocycles. The number of nitrogens with zero attached hydrogens (tertiary/aromatic N) is 1. The second kappa shape index (κ2) is 12.1. The lowest BCUT2D eigenvalue weighted by Crippen LogP contribution is -2.40. The molecule has 3 N–H and O–H groups in total. The first-order valence-corrected chi connectivity index (χ1v) is 8.66. The van der Waals surface area contributed by atoms with Crippen LogP contribution in [-0.4, -0.2) is 38.2 Å². The maximum absolute atomic E-state index is 11.7. The van der Waals surface area contributed by atoms with E-state index in [-0.39, 0.29) is 36.0 Å². The third-order valence-corrected chi connectivity index (χ3v) is 3.89. The van der Waals surface area contributed by atoms with Crippen molar-refractivity contribution in [3.05, 3.63) is 29.8 Å². The maximum atomic E-state index is 11.7. The quantitative estimate of drug-likeness (QED) is 0.333. The molecule has 140 valence electrons. The van der Waals surface area contributed by atoms with Crippen LogP contribution in [0.3, 0.4) is 0 Å². The Bertz CT molecular complexity index is 560. The van der Waals surface area contributed by atoms with Crippen LogP contribution in [-0.2, 0) is 16.1 Å². The number of guanidine groups is 1.